The largest absolute Gasteiger partial charge is 0.483 e. The van der Waals surface area contributed by atoms with E-state index < -0.39 is 20.9 Å². The summed E-state index contributed by atoms with van der Waals surface area (Å²) in [5.74, 6) is -0.190. The molecule has 0 aliphatic heterocycles. The summed E-state index contributed by atoms with van der Waals surface area (Å²) in [5.41, 5.74) is 2.61. The molecule has 9 nitrogen and oxygen atoms in total. The van der Waals surface area contributed by atoms with Crippen LogP contribution in [0.5, 0.6) is 5.75 Å². The maximum absolute atomic E-state index is 12.0. The van der Waals surface area contributed by atoms with Crippen LogP contribution in [0.1, 0.15) is 5.56 Å². The predicted molar refractivity (Wildman–Crippen MR) is 88.2 cm³/mol. The van der Waals surface area contributed by atoms with Gasteiger partial charge >= 0.3 is 0 Å². The fraction of sp³-hybridized carbons (Fsp3) is 0.133. The number of nitro groups is 1. The molecule has 25 heavy (non-hydrogen) atoms. The Morgan fingerprint density at radius 1 is 1.16 bits per heavy atom. The number of carbonyl (C=O) groups is 1. The number of hydrogen-bond donors (Lipinski definition) is 2. The van der Waals surface area contributed by atoms with Crippen molar-refractivity contribution in [2.75, 3.05) is 6.61 Å². The molecule has 0 unspecified atom stereocenters. The Morgan fingerprint density at radius 3 is 2.40 bits per heavy atom. The molecule has 2 aromatic carbocycles. The standard InChI is InChI=1S/C15H15N3O6S/c1-11-4-2-3-5-14(11)24-10-15(19)16-17-25(22,23)13-8-6-12(7-9-13)18(20)21/h2-9,17H,10H2,1H3,(H,16,19). The second-order valence-electron chi connectivity index (χ2n) is 4.96. The number of nitro benzene ring substituents is 1. The van der Waals surface area contributed by atoms with E-state index in [2.05, 4.69) is 0 Å². The van der Waals surface area contributed by atoms with Crippen molar-refractivity contribution in [3.05, 3.63) is 64.2 Å². The fourth-order valence-corrected chi connectivity index (χ4v) is 2.69. The highest BCUT2D eigenvalue weighted by atomic mass is 32.2. The molecule has 2 rings (SSSR count). The van der Waals surface area contributed by atoms with Gasteiger partial charge in [-0.15, -0.1) is 4.83 Å². The third-order valence-electron chi connectivity index (χ3n) is 3.14. The normalized spacial score (nSPS) is 10.9. The van der Waals surface area contributed by atoms with Crippen LogP contribution in [0, 0.1) is 17.0 Å². The van der Waals surface area contributed by atoms with E-state index in [9.17, 15) is 23.3 Å². The van der Waals surface area contributed by atoms with Gasteiger partial charge in [-0.25, -0.2) is 8.42 Å². The molecule has 0 saturated carbocycles. The van der Waals surface area contributed by atoms with Crippen LogP contribution in [0.3, 0.4) is 0 Å². The summed E-state index contributed by atoms with van der Waals surface area (Å²) in [4.78, 5) is 23.3. The summed E-state index contributed by atoms with van der Waals surface area (Å²) < 4.78 is 29.3. The highest BCUT2D eigenvalue weighted by Crippen LogP contribution is 2.16. The first-order chi connectivity index (χ1) is 11.8. The third kappa shape index (κ3) is 4.99. The Kier molecular flexibility index (Phi) is 5.67. The van der Waals surface area contributed by atoms with Crippen LogP contribution in [0.2, 0.25) is 0 Å². The Bertz CT molecular complexity index is 880. The second kappa shape index (κ2) is 7.73. The highest BCUT2D eigenvalue weighted by molar-refractivity contribution is 7.89. The van der Waals surface area contributed by atoms with Crippen molar-refractivity contribution in [3.63, 3.8) is 0 Å². The molecule has 0 heterocycles. The van der Waals surface area contributed by atoms with Gasteiger partial charge in [-0.1, -0.05) is 18.2 Å². The van der Waals surface area contributed by atoms with Crippen molar-refractivity contribution >= 4 is 21.6 Å². The molecular formula is C15H15N3O6S. The zero-order valence-corrected chi connectivity index (χ0v) is 13.9. The molecule has 10 heteroatoms. The summed E-state index contributed by atoms with van der Waals surface area (Å²) in [7, 11) is -4.05. The van der Waals surface area contributed by atoms with Crippen LogP contribution in [0.25, 0.3) is 0 Å². The van der Waals surface area contributed by atoms with Gasteiger partial charge in [0.25, 0.3) is 21.6 Å². The first-order valence-electron chi connectivity index (χ1n) is 7.03. The molecule has 1 amide bonds. The molecule has 2 N–H and O–H groups in total. The van der Waals surface area contributed by atoms with Crippen molar-refractivity contribution in [2.24, 2.45) is 0 Å². The van der Waals surface area contributed by atoms with E-state index in [0.717, 1.165) is 29.8 Å². The number of para-hydroxylation sites is 1. The third-order valence-corrected chi connectivity index (χ3v) is 4.40. The number of benzene rings is 2. The average Bonchev–Trinajstić information content (AvgIpc) is 2.59. The van der Waals surface area contributed by atoms with Gasteiger partial charge in [0, 0.05) is 12.1 Å². The molecular weight excluding hydrogens is 350 g/mol. The lowest BCUT2D eigenvalue weighted by atomic mass is 10.2. The van der Waals surface area contributed by atoms with Gasteiger partial charge in [0.05, 0.1) is 9.82 Å². The molecule has 0 radical (unpaired) electrons. The molecule has 2 aromatic rings. The molecule has 0 atom stereocenters. The molecule has 0 aromatic heterocycles. The lowest BCUT2D eigenvalue weighted by molar-refractivity contribution is -0.384. The number of sulfonamides is 1. The Morgan fingerprint density at radius 2 is 1.80 bits per heavy atom. The van der Waals surface area contributed by atoms with Crippen LogP contribution in [0.15, 0.2) is 53.4 Å². The summed E-state index contributed by atoms with van der Waals surface area (Å²) in [6, 6.07) is 11.3. The molecule has 132 valence electrons. The van der Waals surface area contributed by atoms with Crippen molar-refractivity contribution in [3.8, 4) is 5.75 Å². The average molecular weight is 365 g/mol. The number of hydrogen-bond acceptors (Lipinski definition) is 6. The number of hydrazine groups is 1. The molecule has 0 aliphatic rings. The second-order valence-corrected chi connectivity index (χ2v) is 6.64. The zero-order valence-electron chi connectivity index (χ0n) is 13.1. The minimum absolute atomic E-state index is 0.224. The lowest BCUT2D eigenvalue weighted by Gasteiger charge is -2.10. The molecule has 0 spiro atoms. The maximum atomic E-state index is 12.0. The maximum Gasteiger partial charge on any atom is 0.272 e. The van der Waals surface area contributed by atoms with Gasteiger partial charge < -0.3 is 4.74 Å². The number of non-ortho nitro benzene ring substituents is 1. The number of amides is 1. The van der Waals surface area contributed by atoms with Crippen molar-refractivity contribution in [1.82, 2.24) is 10.3 Å². The van der Waals surface area contributed by atoms with E-state index in [-0.39, 0.29) is 17.2 Å². The van der Waals surface area contributed by atoms with Crippen molar-refractivity contribution in [2.45, 2.75) is 11.8 Å². The Balaban J connectivity index is 1.91. The van der Waals surface area contributed by atoms with Crippen LogP contribution >= 0.6 is 0 Å². The van der Waals surface area contributed by atoms with E-state index in [0.29, 0.717) is 5.75 Å². The number of ether oxygens (including phenoxy) is 1. The smallest absolute Gasteiger partial charge is 0.272 e. The quantitative estimate of drug-likeness (QED) is 0.562. The zero-order chi connectivity index (χ0) is 18.4. The van der Waals surface area contributed by atoms with Crippen LogP contribution < -0.4 is 15.0 Å². The van der Waals surface area contributed by atoms with Gasteiger partial charge in [0.2, 0.25) is 0 Å². The van der Waals surface area contributed by atoms with E-state index in [1.54, 1.807) is 12.1 Å². The van der Waals surface area contributed by atoms with Gasteiger partial charge in [-0.05, 0) is 30.7 Å². The number of nitrogens with one attached hydrogen (secondary N) is 2. The Labute approximate surface area is 143 Å². The summed E-state index contributed by atoms with van der Waals surface area (Å²) in [5, 5.41) is 10.6. The van der Waals surface area contributed by atoms with Gasteiger partial charge in [-0.2, -0.15) is 0 Å². The minimum atomic E-state index is -4.05. The Hall–Kier alpha value is -2.98. The fourth-order valence-electron chi connectivity index (χ4n) is 1.83. The number of aryl methyl sites for hydroxylation is 1. The van der Waals surface area contributed by atoms with Crippen LogP contribution in [-0.2, 0) is 14.8 Å². The van der Waals surface area contributed by atoms with E-state index in [4.69, 9.17) is 4.74 Å². The van der Waals surface area contributed by atoms with E-state index >= 15 is 0 Å². The highest BCUT2D eigenvalue weighted by Gasteiger charge is 2.17. The number of rotatable bonds is 7. The van der Waals surface area contributed by atoms with Crippen molar-refractivity contribution < 1.29 is 22.9 Å². The summed E-state index contributed by atoms with van der Waals surface area (Å²) in [6.45, 7) is 1.43. The number of nitrogens with zero attached hydrogens (tertiary/aromatic N) is 1. The van der Waals surface area contributed by atoms with Gasteiger partial charge in [-0.3, -0.25) is 20.3 Å². The summed E-state index contributed by atoms with van der Waals surface area (Å²) >= 11 is 0. The SMILES string of the molecule is Cc1ccccc1OCC(=O)NNS(=O)(=O)c1ccc([N+](=O)[O-])cc1. The van der Waals surface area contributed by atoms with E-state index in [1.165, 1.54) is 0 Å². The van der Waals surface area contributed by atoms with Crippen LogP contribution in [-0.4, -0.2) is 25.9 Å². The molecule has 0 bridgehead atoms. The predicted octanol–water partition coefficient (Wildman–Crippen LogP) is 1.29. The minimum Gasteiger partial charge on any atom is -0.483 e. The molecule has 0 saturated heterocycles. The van der Waals surface area contributed by atoms with Gasteiger partial charge in [0.15, 0.2) is 6.61 Å². The van der Waals surface area contributed by atoms with Gasteiger partial charge in [0.1, 0.15) is 5.75 Å². The summed E-state index contributed by atoms with van der Waals surface area (Å²) in [6.07, 6.45) is 0. The number of carbonyl (C=O) groups excluding carboxylic acids is 1. The topological polar surface area (TPSA) is 128 Å². The molecule has 0 aliphatic carbocycles. The first kappa shape index (κ1) is 18.4. The molecule has 0 fully saturated rings. The lowest BCUT2D eigenvalue weighted by Crippen LogP contribution is -2.43. The van der Waals surface area contributed by atoms with Crippen molar-refractivity contribution in [1.29, 1.82) is 0 Å². The first-order valence-corrected chi connectivity index (χ1v) is 8.51. The van der Waals surface area contributed by atoms with Crippen LogP contribution in [0.4, 0.5) is 5.69 Å². The monoisotopic (exact) mass is 365 g/mol. The van der Waals surface area contributed by atoms with E-state index in [1.807, 2.05) is 29.3 Å².